The van der Waals surface area contributed by atoms with Gasteiger partial charge in [-0.25, -0.2) is 4.39 Å². The summed E-state index contributed by atoms with van der Waals surface area (Å²) < 4.78 is 13.2. The smallest absolute Gasteiger partial charge is 0.138 e. The largest absolute Gasteiger partial charge is 0.506 e. The van der Waals surface area contributed by atoms with Crippen LogP contribution >= 0.6 is 0 Å². The van der Waals surface area contributed by atoms with Crippen molar-refractivity contribution >= 4 is 5.69 Å². The highest BCUT2D eigenvalue weighted by atomic mass is 19.1. The Hall–Kier alpha value is -2.29. The number of phenolic OH excluding ortho intramolecular Hbond substituents is 1. The first-order valence-corrected chi connectivity index (χ1v) is 7.24. The van der Waals surface area contributed by atoms with E-state index in [1.165, 1.54) is 12.1 Å². The van der Waals surface area contributed by atoms with E-state index < -0.39 is 0 Å². The van der Waals surface area contributed by atoms with E-state index >= 15 is 0 Å². The maximum absolute atomic E-state index is 13.2. The first-order chi connectivity index (χ1) is 10.2. The number of rotatable bonds is 1. The van der Waals surface area contributed by atoms with Crippen molar-refractivity contribution in [3.05, 3.63) is 71.6 Å². The summed E-state index contributed by atoms with van der Waals surface area (Å²) in [4.78, 5) is 0. The summed E-state index contributed by atoms with van der Waals surface area (Å²) in [6, 6.07) is 12.4. The molecule has 0 aromatic heterocycles. The van der Waals surface area contributed by atoms with Gasteiger partial charge < -0.3 is 10.4 Å². The Labute approximate surface area is 122 Å². The minimum atomic E-state index is -0.223. The van der Waals surface area contributed by atoms with Crippen molar-refractivity contribution < 1.29 is 9.50 Å². The Morgan fingerprint density at radius 2 is 1.90 bits per heavy atom. The first kappa shape index (κ1) is 12.5. The third-order valence-electron chi connectivity index (χ3n) is 4.60. The number of allylic oxidation sites excluding steroid dienone is 2. The Kier molecular flexibility index (Phi) is 2.74. The van der Waals surface area contributed by atoms with Crippen LogP contribution in [0.3, 0.4) is 0 Å². The molecule has 1 heterocycles. The first-order valence-electron chi connectivity index (χ1n) is 7.24. The Balaban J connectivity index is 1.81. The topological polar surface area (TPSA) is 32.3 Å². The molecule has 0 saturated heterocycles. The minimum absolute atomic E-state index is 0.0893. The molecule has 0 saturated carbocycles. The van der Waals surface area contributed by atoms with Crippen LogP contribution in [0.2, 0.25) is 0 Å². The predicted molar refractivity (Wildman–Crippen MR) is 80.9 cm³/mol. The molecule has 2 aliphatic rings. The zero-order valence-electron chi connectivity index (χ0n) is 11.5. The summed E-state index contributed by atoms with van der Waals surface area (Å²) >= 11 is 0. The Morgan fingerprint density at radius 3 is 2.71 bits per heavy atom. The zero-order valence-corrected chi connectivity index (χ0v) is 11.5. The second-order valence-electron chi connectivity index (χ2n) is 5.77. The molecule has 0 unspecified atom stereocenters. The van der Waals surface area contributed by atoms with E-state index in [1.54, 1.807) is 6.07 Å². The molecule has 0 radical (unpaired) electrons. The van der Waals surface area contributed by atoms with E-state index in [1.807, 2.05) is 18.2 Å². The molecule has 3 atom stereocenters. The SMILES string of the molecule is Oc1cccc2c1N[C@H](c1ccc(F)cc1)[C@@H]1CC=C[C@H]21. The van der Waals surface area contributed by atoms with Crippen LogP contribution < -0.4 is 5.32 Å². The maximum Gasteiger partial charge on any atom is 0.138 e. The second-order valence-corrected chi connectivity index (χ2v) is 5.77. The number of phenols is 1. The van der Waals surface area contributed by atoms with Gasteiger partial charge in [0.2, 0.25) is 0 Å². The van der Waals surface area contributed by atoms with Crippen molar-refractivity contribution in [1.29, 1.82) is 0 Å². The number of hydrogen-bond acceptors (Lipinski definition) is 2. The standard InChI is InChI=1S/C18H16FNO/c19-12-9-7-11(8-10-12)17-14-4-1-3-13(14)15-5-2-6-16(21)18(15)20-17/h1-3,5-10,13-14,17,20-21H,4H2/t13-,14+,17+/m0/s1. The zero-order chi connectivity index (χ0) is 14.4. The lowest BCUT2D eigenvalue weighted by Gasteiger charge is -2.37. The number of aromatic hydroxyl groups is 1. The molecule has 1 aliphatic carbocycles. The quantitative estimate of drug-likeness (QED) is 0.601. The molecule has 0 amide bonds. The number of para-hydroxylation sites is 1. The number of hydrogen-bond donors (Lipinski definition) is 2. The lowest BCUT2D eigenvalue weighted by Crippen LogP contribution is -2.29. The van der Waals surface area contributed by atoms with E-state index in [0.717, 1.165) is 23.2 Å². The van der Waals surface area contributed by atoms with Gasteiger partial charge in [0.05, 0.1) is 11.7 Å². The lowest BCUT2D eigenvalue weighted by atomic mass is 9.77. The fourth-order valence-electron chi connectivity index (χ4n) is 3.61. The summed E-state index contributed by atoms with van der Waals surface area (Å²) in [5.74, 6) is 0.769. The fraction of sp³-hybridized carbons (Fsp3) is 0.222. The molecule has 21 heavy (non-hydrogen) atoms. The van der Waals surface area contributed by atoms with Gasteiger partial charge in [-0.1, -0.05) is 36.4 Å². The van der Waals surface area contributed by atoms with E-state index in [2.05, 4.69) is 23.5 Å². The lowest BCUT2D eigenvalue weighted by molar-refractivity contribution is 0.415. The van der Waals surface area contributed by atoms with E-state index in [9.17, 15) is 9.50 Å². The fourth-order valence-corrected chi connectivity index (χ4v) is 3.61. The molecule has 1 aliphatic heterocycles. The van der Waals surface area contributed by atoms with Crippen LogP contribution in [0.25, 0.3) is 0 Å². The monoisotopic (exact) mass is 281 g/mol. The predicted octanol–water partition coefficient (Wildman–Crippen LogP) is 4.36. The second kappa shape index (κ2) is 4.62. The van der Waals surface area contributed by atoms with Crippen molar-refractivity contribution in [2.75, 3.05) is 5.32 Å². The number of halogens is 1. The van der Waals surface area contributed by atoms with Gasteiger partial charge in [0.1, 0.15) is 11.6 Å². The Morgan fingerprint density at radius 1 is 1.10 bits per heavy atom. The normalized spacial score (nSPS) is 26.0. The summed E-state index contributed by atoms with van der Waals surface area (Å²) in [5.41, 5.74) is 3.01. The van der Waals surface area contributed by atoms with Crippen molar-refractivity contribution in [3.63, 3.8) is 0 Å². The van der Waals surface area contributed by atoms with Crippen LogP contribution in [-0.2, 0) is 0 Å². The van der Waals surface area contributed by atoms with Crippen molar-refractivity contribution in [1.82, 2.24) is 0 Å². The molecule has 0 bridgehead atoms. The molecular formula is C18H16FNO. The molecule has 106 valence electrons. The van der Waals surface area contributed by atoms with Gasteiger partial charge in [0, 0.05) is 5.92 Å². The Bertz CT molecular complexity index is 708. The maximum atomic E-state index is 13.2. The molecular weight excluding hydrogens is 265 g/mol. The third kappa shape index (κ3) is 1.92. The van der Waals surface area contributed by atoms with Gasteiger partial charge in [0.25, 0.3) is 0 Å². The molecule has 4 rings (SSSR count). The number of benzene rings is 2. The van der Waals surface area contributed by atoms with Crippen LogP contribution in [0.4, 0.5) is 10.1 Å². The van der Waals surface area contributed by atoms with Crippen LogP contribution in [0.1, 0.15) is 29.5 Å². The molecule has 2 aromatic rings. The highest BCUT2D eigenvalue weighted by molar-refractivity contribution is 5.67. The average molecular weight is 281 g/mol. The van der Waals surface area contributed by atoms with Gasteiger partial charge in [-0.3, -0.25) is 0 Å². The molecule has 2 nitrogen and oxygen atoms in total. The highest BCUT2D eigenvalue weighted by Crippen LogP contribution is 2.51. The van der Waals surface area contributed by atoms with Gasteiger partial charge in [0.15, 0.2) is 0 Å². The van der Waals surface area contributed by atoms with Crippen LogP contribution in [0, 0.1) is 11.7 Å². The van der Waals surface area contributed by atoms with Crippen LogP contribution in [-0.4, -0.2) is 5.11 Å². The van der Waals surface area contributed by atoms with Gasteiger partial charge >= 0.3 is 0 Å². The molecule has 3 heteroatoms. The van der Waals surface area contributed by atoms with E-state index in [4.69, 9.17) is 0 Å². The van der Waals surface area contributed by atoms with Gasteiger partial charge in [-0.15, -0.1) is 0 Å². The number of anilines is 1. The van der Waals surface area contributed by atoms with Crippen molar-refractivity contribution in [2.45, 2.75) is 18.4 Å². The van der Waals surface area contributed by atoms with Crippen LogP contribution in [0.5, 0.6) is 5.75 Å². The molecule has 0 spiro atoms. The number of nitrogens with one attached hydrogen (secondary N) is 1. The average Bonchev–Trinajstić information content (AvgIpc) is 2.98. The highest BCUT2D eigenvalue weighted by Gasteiger charge is 2.38. The van der Waals surface area contributed by atoms with Crippen LogP contribution in [0.15, 0.2) is 54.6 Å². The summed E-state index contributed by atoms with van der Waals surface area (Å²) in [7, 11) is 0. The molecule has 2 aromatic carbocycles. The van der Waals surface area contributed by atoms with E-state index in [-0.39, 0.29) is 17.6 Å². The third-order valence-corrected chi connectivity index (χ3v) is 4.60. The van der Waals surface area contributed by atoms with Crippen molar-refractivity contribution in [2.24, 2.45) is 5.92 Å². The van der Waals surface area contributed by atoms with Crippen molar-refractivity contribution in [3.8, 4) is 5.75 Å². The summed E-state index contributed by atoms with van der Waals surface area (Å²) in [5, 5.41) is 13.6. The van der Waals surface area contributed by atoms with Gasteiger partial charge in [-0.2, -0.15) is 0 Å². The molecule has 0 fully saturated rings. The minimum Gasteiger partial charge on any atom is -0.506 e. The number of fused-ring (bicyclic) bond motifs is 3. The van der Waals surface area contributed by atoms with Gasteiger partial charge in [-0.05, 0) is 41.7 Å². The summed E-state index contributed by atoms with van der Waals surface area (Å²) in [6.45, 7) is 0. The molecule has 2 N–H and O–H groups in total. The van der Waals surface area contributed by atoms with E-state index in [0.29, 0.717) is 11.8 Å². The summed E-state index contributed by atoms with van der Waals surface area (Å²) in [6.07, 6.45) is 5.42.